The van der Waals surface area contributed by atoms with Crippen LogP contribution in [0.2, 0.25) is 0 Å². The third kappa shape index (κ3) is 4.01. The lowest BCUT2D eigenvalue weighted by Crippen LogP contribution is -2.01. The Kier molecular flexibility index (Phi) is 5.99. The average molecular weight is 342 g/mol. The minimum absolute atomic E-state index is 0.0637. The quantitative estimate of drug-likeness (QED) is 0.801. The monoisotopic (exact) mass is 342 g/mol. The molecule has 0 amide bonds. The molecule has 0 heterocycles. The van der Waals surface area contributed by atoms with Crippen molar-refractivity contribution < 1.29 is 4.74 Å². The number of benzene rings is 2. The van der Waals surface area contributed by atoms with Gasteiger partial charge in [0.1, 0.15) is 29.7 Å². The van der Waals surface area contributed by atoms with E-state index in [1.54, 1.807) is 18.2 Å². The Balaban J connectivity index is 2.42. The lowest BCUT2D eigenvalue weighted by molar-refractivity contribution is 0.335. The summed E-state index contributed by atoms with van der Waals surface area (Å²) in [7, 11) is 0. The minimum atomic E-state index is -0.245. The summed E-state index contributed by atoms with van der Waals surface area (Å²) in [5, 5.41) is 29.9. The number of aryl methyl sites for hydroxylation is 2. The van der Waals surface area contributed by atoms with Gasteiger partial charge in [-0.2, -0.15) is 15.8 Å². The van der Waals surface area contributed by atoms with Gasteiger partial charge in [-0.3, -0.25) is 0 Å². The maximum Gasteiger partial charge on any atom is 0.163 e. The van der Waals surface area contributed by atoms with Crippen molar-refractivity contribution in [3.05, 3.63) is 58.8 Å². The first-order valence-corrected chi connectivity index (χ1v) is 8.10. The van der Waals surface area contributed by atoms with E-state index < -0.39 is 0 Å². The molecule has 0 unspecified atom stereocenters. The van der Waals surface area contributed by atoms with Gasteiger partial charge < -0.3 is 10.1 Å². The predicted molar refractivity (Wildman–Crippen MR) is 100 cm³/mol. The first kappa shape index (κ1) is 18.6. The van der Waals surface area contributed by atoms with Crippen LogP contribution in [-0.4, -0.2) is 6.61 Å². The van der Waals surface area contributed by atoms with Crippen molar-refractivity contribution in [2.45, 2.75) is 20.8 Å². The Morgan fingerprint density at radius 2 is 1.62 bits per heavy atom. The van der Waals surface area contributed by atoms with Crippen molar-refractivity contribution in [3.63, 3.8) is 0 Å². The number of nitriles is 3. The van der Waals surface area contributed by atoms with E-state index in [0.717, 1.165) is 28.0 Å². The van der Waals surface area contributed by atoms with Crippen LogP contribution in [0.15, 0.2) is 47.7 Å². The van der Waals surface area contributed by atoms with Gasteiger partial charge in [-0.05, 0) is 67.3 Å². The van der Waals surface area contributed by atoms with E-state index in [1.165, 1.54) is 0 Å². The number of hydrogen-bond acceptors (Lipinski definition) is 5. The van der Waals surface area contributed by atoms with Crippen LogP contribution in [0.1, 0.15) is 18.1 Å². The predicted octanol–water partition coefficient (Wildman–Crippen LogP) is 4.61. The van der Waals surface area contributed by atoms with Crippen LogP contribution in [0, 0.1) is 47.8 Å². The number of anilines is 1. The fourth-order valence-electron chi connectivity index (χ4n) is 2.69. The third-order valence-corrected chi connectivity index (χ3v) is 3.80. The second-order valence-corrected chi connectivity index (χ2v) is 5.66. The molecule has 1 N–H and O–H groups in total. The molecule has 128 valence electrons. The zero-order valence-electron chi connectivity index (χ0n) is 14.9. The first-order valence-electron chi connectivity index (χ1n) is 8.10. The van der Waals surface area contributed by atoms with Gasteiger partial charge in [0, 0.05) is 5.69 Å². The lowest BCUT2D eigenvalue weighted by Gasteiger charge is -2.14. The zero-order valence-corrected chi connectivity index (χ0v) is 14.9. The van der Waals surface area contributed by atoms with E-state index in [-0.39, 0.29) is 11.3 Å². The molecule has 0 aromatic heterocycles. The molecule has 0 saturated heterocycles. The van der Waals surface area contributed by atoms with Crippen molar-refractivity contribution in [1.82, 2.24) is 0 Å². The standard InChI is InChI=1S/C21H18N4O/c1-4-26-21-14(2)8-17(9-15(21)3)16-6-5-7-19(10-16)25-20(13-24)18(11-22)12-23/h5-10,25H,4H2,1-3H3. The molecular formula is C21H18N4O. The van der Waals surface area contributed by atoms with E-state index in [1.807, 2.05) is 57.2 Å². The largest absolute Gasteiger partial charge is 0.493 e. The number of nitrogens with one attached hydrogen (secondary N) is 1. The Labute approximate surface area is 153 Å². The normalized spacial score (nSPS) is 9.38. The lowest BCUT2D eigenvalue weighted by atomic mass is 9.99. The van der Waals surface area contributed by atoms with Gasteiger partial charge in [-0.25, -0.2) is 0 Å². The SMILES string of the molecule is CCOc1c(C)cc(-c2cccc(NC(C#N)=C(C#N)C#N)c2)cc1C. The molecule has 0 saturated carbocycles. The maximum absolute atomic E-state index is 9.17. The number of ether oxygens (including phenoxy) is 1. The fraction of sp³-hybridized carbons (Fsp3) is 0.190. The summed E-state index contributed by atoms with van der Waals surface area (Å²) in [4.78, 5) is 0. The van der Waals surface area contributed by atoms with Crippen LogP contribution >= 0.6 is 0 Å². The highest BCUT2D eigenvalue weighted by molar-refractivity contribution is 5.72. The fourth-order valence-corrected chi connectivity index (χ4v) is 2.69. The van der Waals surface area contributed by atoms with Gasteiger partial charge in [0.15, 0.2) is 5.57 Å². The van der Waals surface area contributed by atoms with Gasteiger partial charge >= 0.3 is 0 Å². The van der Waals surface area contributed by atoms with Crippen molar-refractivity contribution in [2.75, 3.05) is 11.9 Å². The number of allylic oxidation sites excluding steroid dienone is 2. The average Bonchev–Trinajstić information content (AvgIpc) is 2.64. The second kappa shape index (κ2) is 8.38. The van der Waals surface area contributed by atoms with E-state index in [4.69, 9.17) is 15.3 Å². The van der Waals surface area contributed by atoms with Gasteiger partial charge in [0.05, 0.1) is 6.61 Å². The highest BCUT2D eigenvalue weighted by Gasteiger charge is 2.10. The Morgan fingerprint density at radius 1 is 0.962 bits per heavy atom. The summed E-state index contributed by atoms with van der Waals surface area (Å²) < 4.78 is 5.68. The van der Waals surface area contributed by atoms with E-state index >= 15 is 0 Å². The molecule has 0 fully saturated rings. The molecule has 0 bridgehead atoms. The smallest absolute Gasteiger partial charge is 0.163 e. The van der Waals surface area contributed by atoms with E-state index in [0.29, 0.717) is 12.3 Å². The van der Waals surface area contributed by atoms with Crippen molar-refractivity contribution >= 4 is 5.69 Å². The maximum atomic E-state index is 9.17. The summed E-state index contributed by atoms with van der Waals surface area (Å²) in [6.45, 7) is 6.58. The van der Waals surface area contributed by atoms with Gasteiger partial charge in [0.2, 0.25) is 0 Å². The number of nitrogens with zero attached hydrogens (tertiary/aromatic N) is 3. The van der Waals surface area contributed by atoms with Crippen LogP contribution in [0.4, 0.5) is 5.69 Å². The number of hydrogen-bond donors (Lipinski definition) is 1. The van der Waals surface area contributed by atoms with Gasteiger partial charge in [-0.1, -0.05) is 12.1 Å². The molecule has 0 atom stereocenters. The molecule has 0 aliphatic rings. The molecule has 0 aliphatic carbocycles. The molecular weight excluding hydrogens is 324 g/mol. The first-order chi connectivity index (χ1) is 12.5. The topological polar surface area (TPSA) is 92.6 Å². The Morgan fingerprint density at radius 3 is 2.15 bits per heavy atom. The number of rotatable bonds is 5. The van der Waals surface area contributed by atoms with Crippen LogP contribution in [0.5, 0.6) is 5.75 Å². The molecule has 0 spiro atoms. The van der Waals surface area contributed by atoms with E-state index in [2.05, 4.69) is 5.32 Å². The van der Waals surface area contributed by atoms with Crippen molar-refractivity contribution in [1.29, 1.82) is 15.8 Å². The van der Waals surface area contributed by atoms with Gasteiger partial charge in [-0.15, -0.1) is 0 Å². The highest BCUT2D eigenvalue weighted by Crippen LogP contribution is 2.31. The molecule has 0 aliphatic heterocycles. The van der Waals surface area contributed by atoms with Crippen LogP contribution in [0.3, 0.4) is 0 Å². The van der Waals surface area contributed by atoms with Crippen molar-refractivity contribution in [2.24, 2.45) is 0 Å². The van der Waals surface area contributed by atoms with Crippen LogP contribution < -0.4 is 10.1 Å². The molecule has 26 heavy (non-hydrogen) atoms. The molecule has 2 aromatic carbocycles. The third-order valence-electron chi connectivity index (χ3n) is 3.80. The molecule has 2 rings (SSSR count). The molecule has 0 radical (unpaired) electrons. The van der Waals surface area contributed by atoms with E-state index in [9.17, 15) is 5.26 Å². The van der Waals surface area contributed by atoms with Crippen molar-refractivity contribution in [3.8, 4) is 35.1 Å². The summed E-state index contributed by atoms with van der Waals surface area (Å²) in [5.74, 6) is 0.896. The summed E-state index contributed by atoms with van der Waals surface area (Å²) in [5.41, 5.74) is 4.40. The Hall–Kier alpha value is -3.75. The molecule has 5 nitrogen and oxygen atoms in total. The molecule has 2 aromatic rings. The zero-order chi connectivity index (χ0) is 19.1. The Bertz CT molecular complexity index is 945. The highest BCUT2D eigenvalue weighted by atomic mass is 16.5. The molecule has 5 heteroatoms. The summed E-state index contributed by atoms with van der Waals surface area (Å²) in [6, 6.07) is 16.9. The minimum Gasteiger partial charge on any atom is -0.493 e. The summed E-state index contributed by atoms with van der Waals surface area (Å²) >= 11 is 0. The summed E-state index contributed by atoms with van der Waals surface area (Å²) in [6.07, 6.45) is 0. The second-order valence-electron chi connectivity index (χ2n) is 5.66. The van der Waals surface area contributed by atoms with Crippen LogP contribution in [0.25, 0.3) is 11.1 Å². The van der Waals surface area contributed by atoms with Gasteiger partial charge in [0.25, 0.3) is 0 Å². The van der Waals surface area contributed by atoms with Crippen LogP contribution in [-0.2, 0) is 0 Å².